The number of carbonyl (C=O) groups is 1. The largest absolute Gasteiger partial charge is 0.485 e. The number of hydrogen-bond acceptors (Lipinski definition) is 7. The van der Waals surface area contributed by atoms with Crippen molar-refractivity contribution < 1.29 is 24.1 Å². The van der Waals surface area contributed by atoms with Gasteiger partial charge >= 0.3 is 5.97 Å². The fourth-order valence-corrected chi connectivity index (χ4v) is 4.56. The lowest BCUT2D eigenvalue weighted by Crippen LogP contribution is -2.34. The molecule has 9 heteroatoms. The Hall–Kier alpha value is -2.78. The average molecular weight is 417 g/mol. The van der Waals surface area contributed by atoms with Gasteiger partial charge in [-0.3, -0.25) is 0 Å². The number of fused-ring (bicyclic) bond motifs is 1. The number of nitrogens with zero attached hydrogens (tertiary/aromatic N) is 2. The van der Waals surface area contributed by atoms with E-state index in [9.17, 15) is 19.4 Å². The maximum atomic E-state index is 13.9. The first-order valence-electron chi connectivity index (χ1n) is 9.32. The molecule has 0 saturated heterocycles. The lowest BCUT2D eigenvalue weighted by molar-refractivity contribution is 0.00712. The fourth-order valence-electron chi connectivity index (χ4n) is 3.57. The molecule has 1 aromatic carbocycles. The number of nitrogens with one attached hydrogen (secondary N) is 1. The molecule has 1 saturated carbocycles. The molecule has 1 aliphatic carbocycles. The van der Waals surface area contributed by atoms with Crippen LogP contribution in [0.2, 0.25) is 0 Å². The van der Waals surface area contributed by atoms with Gasteiger partial charge in [-0.15, -0.1) is 11.3 Å². The highest BCUT2D eigenvalue weighted by molar-refractivity contribution is 7.20. The number of aryl methyl sites for hydroxylation is 1. The van der Waals surface area contributed by atoms with Crippen molar-refractivity contribution in [2.45, 2.75) is 44.8 Å². The van der Waals surface area contributed by atoms with E-state index in [1.807, 2.05) is 0 Å². The molecule has 0 bridgehead atoms. The molecule has 1 unspecified atom stereocenters. The van der Waals surface area contributed by atoms with Gasteiger partial charge in [0.2, 0.25) is 0 Å². The van der Waals surface area contributed by atoms with Gasteiger partial charge in [0.25, 0.3) is 0 Å². The van der Waals surface area contributed by atoms with Crippen molar-refractivity contribution in [3.63, 3.8) is 0 Å². The Bertz CT molecular complexity index is 1070. The monoisotopic (exact) mass is 417 g/mol. The molecule has 1 aliphatic rings. The Morgan fingerprint density at radius 2 is 2.10 bits per heavy atom. The first kappa shape index (κ1) is 19.5. The van der Waals surface area contributed by atoms with Crippen LogP contribution in [0.1, 0.15) is 40.9 Å². The summed E-state index contributed by atoms with van der Waals surface area (Å²) >= 11 is 1.08. The number of aromatic nitrogens is 2. The van der Waals surface area contributed by atoms with Gasteiger partial charge in [-0.2, -0.15) is 0 Å². The maximum Gasteiger partial charge on any atom is 0.346 e. The van der Waals surface area contributed by atoms with E-state index >= 15 is 0 Å². The van der Waals surface area contributed by atoms with Crippen LogP contribution in [0.5, 0.6) is 5.75 Å². The van der Waals surface area contributed by atoms with Crippen LogP contribution < -0.4 is 10.1 Å². The number of anilines is 2. The molecular formula is C20H20FN3O4S. The summed E-state index contributed by atoms with van der Waals surface area (Å²) in [5, 5.41) is 23.3. The number of carboxylic acids is 1. The molecule has 1 fully saturated rings. The summed E-state index contributed by atoms with van der Waals surface area (Å²) < 4.78 is 19.8. The van der Waals surface area contributed by atoms with Gasteiger partial charge in [0.15, 0.2) is 0 Å². The van der Waals surface area contributed by atoms with E-state index in [1.165, 1.54) is 24.5 Å². The van der Waals surface area contributed by atoms with Crippen molar-refractivity contribution in [2.24, 2.45) is 0 Å². The standard InChI is InChI=1S/C20H20FN3O4S/c1-10-16-18(22-9-23-19(16)29-17(10)20(26)27)24-12-7-6-11(21)8-15(12)28-14-5-3-2-4-13(14)25/h6-9,13-14,25H,2-5H2,1H3,(H,26,27)(H,22,23,24)/t13?,14-/m0/s1. The molecule has 7 nitrogen and oxygen atoms in total. The second-order valence-corrected chi connectivity index (χ2v) is 8.04. The number of hydrogen-bond donors (Lipinski definition) is 3. The van der Waals surface area contributed by atoms with Crippen LogP contribution in [0.25, 0.3) is 10.2 Å². The minimum Gasteiger partial charge on any atom is -0.485 e. The fraction of sp³-hybridized carbons (Fsp3) is 0.350. The number of aromatic carboxylic acids is 1. The first-order valence-corrected chi connectivity index (χ1v) is 10.1. The topological polar surface area (TPSA) is 105 Å². The number of benzene rings is 1. The summed E-state index contributed by atoms with van der Waals surface area (Å²) in [4.78, 5) is 20.6. The first-order chi connectivity index (χ1) is 13.9. The van der Waals surface area contributed by atoms with Crippen LogP contribution in [0, 0.1) is 12.7 Å². The molecule has 3 N–H and O–H groups in total. The molecule has 2 aromatic heterocycles. The second-order valence-electron chi connectivity index (χ2n) is 7.04. The van der Waals surface area contributed by atoms with Crippen LogP contribution >= 0.6 is 11.3 Å². The number of aliphatic hydroxyl groups is 1. The van der Waals surface area contributed by atoms with Crippen molar-refractivity contribution >= 4 is 39.0 Å². The number of ether oxygens (including phenoxy) is 1. The van der Waals surface area contributed by atoms with Gasteiger partial charge in [-0.1, -0.05) is 6.42 Å². The highest BCUT2D eigenvalue weighted by Crippen LogP contribution is 2.37. The van der Waals surface area contributed by atoms with Crippen molar-refractivity contribution in [3.05, 3.63) is 40.8 Å². The third-order valence-corrected chi connectivity index (χ3v) is 6.25. The minimum absolute atomic E-state index is 0.199. The molecule has 152 valence electrons. The van der Waals surface area contributed by atoms with Gasteiger partial charge in [0.05, 0.1) is 17.2 Å². The number of thiophene rings is 1. The van der Waals surface area contributed by atoms with E-state index in [0.29, 0.717) is 40.1 Å². The number of rotatable bonds is 5. The molecule has 29 heavy (non-hydrogen) atoms. The third kappa shape index (κ3) is 3.88. The lowest BCUT2D eigenvalue weighted by atomic mass is 9.95. The Morgan fingerprint density at radius 3 is 2.86 bits per heavy atom. The maximum absolute atomic E-state index is 13.9. The third-order valence-electron chi connectivity index (χ3n) is 5.06. The molecular weight excluding hydrogens is 397 g/mol. The predicted molar refractivity (Wildman–Crippen MR) is 108 cm³/mol. The normalized spacial score (nSPS) is 19.3. The number of aliphatic hydroxyl groups excluding tert-OH is 1. The van der Waals surface area contributed by atoms with Crippen LogP contribution in [0.3, 0.4) is 0 Å². The molecule has 0 spiro atoms. The van der Waals surface area contributed by atoms with E-state index in [-0.39, 0.29) is 10.6 Å². The van der Waals surface area contributed by atoms with Crippen molar-refractivity contribution in [2.75, 3.05) is 5.32 Å². The van der Waals surface area contributed by atoms with Crippen molar-refractivity contribution in [1.29, 1.82) is 0 Å². The zero-order valence-corrected chi connectivity index (χ0v) is 16.5. The van der Waals surface area contributed by atoms with E-state index in [4.69, 9.17) is 4.74 Å². The SMILES string of the molecule is Cc1c(C(=O)O)sc2ncnc(Nc3ccc(F)cc3O[C@H]3CCCCC3O)c12. The minimum atomic E-state index is -1.02. The van der Waals surface area contributed by atoms with Gasteiger partial charge in [0, 0.05) is 6.07 Å². The Morgan fingerprint density at radius 1 is 1.31 bits per heavy atom. The summed E-state index contributed by atoms with van der Waals surface area (Å²) in [6.45, 7) is 1.71. The smallest absolute Gasteiger partial charge is 0.346 e. The summed E-state index contributed by atoms with van der Waals surface area (Å²) in [6, 6.07) is 4.10. The van der Waals surface area contributed by atoms with Crippen LogP contribution in [-0.2, 0) is 0 Å². The van der Waals surface area contributed by atoms with Crippen LogP contribution in [-0.4, -0.2) is 38.4 Å². The van der Waals surface area contributed by atoms with Crippen LogP contribution in [0.15, 0.2) is 24.5 Å². The predicted octanol–water partition coefficient (Wildman–Crippen LogP) is 4.26. The van der Waals surface area contributed by atoms with Crippen molar-refractivity contribution in [1.82, 2.24) is 9.97 Å². The molecule has 3 aromatic rings. The van der Waals surface area contributed by atoms with Gasteiger partial charge < -0.3 is 20.3 Å². The van der Waals surface area contributed by atoms with E-state index < -0.39 is 24.0 Å². The highest BCUT2D eigenvalue weighted by atomic mass is 32.1. The molecule has 2 atom stereocenters. The molecule has 0 amide bonds. The van der Waals surface area contributed by atoms with Gasteiger partial charge in [-0.05, 0) is 43.9 Å². The van der Waals surface area contributed by atoms with Crippen molar-refractivity contribution in [3.8, 4) is 5.75 Å². The Kier molecular flexibility index (Phi) is 5.33. The Labute approximate surface area is 170 Å². The zero-order valence-electron chi connectivity index (χ0n) is 15.7. The molecule has 4 rings (SSSR count). The second kappa shape index (κ2) is 7.92. The summed E-state index contributed by atoms with van der Waals surface area (Å²) in [5.41, 5.74) is 1.04. The van der Waals surface area contributed by atoms with Gasteiger partial charge in [0.1, 0.15) is 39.5 Å². The summed E-state index contributed by atoms with van der Waals surface area (Å²) in [7, 11) is 0. The summed E-state index contributed by atoms with van der Waals surface area (Å²) in [5.74, 6) is -0.789. The van der Waals surface area contributed by atoms with E-state index in [2.05, 4.69) is 15.3 Å². The number of halogens is 1. The molecule has 0 radical (unpaired) electrons. The summed E-state index contributed by atoms with van der Waals surface area (Å²) in [6.07, 6.45) is 3.58. The van der Waals surface area contributed by atoms with E-state index in [1.54, 1.807) is 6.92 Å². The quantitative estimate of drug-likeness (QED) is 0.570. The molecule has 2 heterocycles. The molecule has 0 aliphatic heterocycles. The average Bonchev–Trinajstić information content (AvgIpc) is 3.04. The van der Waals surface area contributed by atoms with Gasteiger partial charge in [-0.25, -0.2) is 19.2 Å². The number of carboxylic acid groups (broad SMARTS) is 1. The zero-order chi connectivity index (χ0) is 20.5. The van der Waals surface area contributed by atoms with Crippen LogP contribution in [0.4, 0.5) is 15.9 Å². The lowest BCUT2D eigenvalue weighted by Gasteiger charge is -2.29. The van der Waals surface area contributed by atoms with E-state index in [0.717, 1.165) is 24.2 Å². The highest BCUT2D eigenvalue weighted by Gasteiger charge is 2.26. The Balaban J connectivity index is 1.70.